The summed E-state index contributed by atoms with van der Waals surface area (Å²) in [4.78, 5) is 25.6. The van der Waals surface area contributed by atoms with Crippen molar-refractivity contribution in [3.05, 3.63) is 71.2 Å². The Labute approximate surface area is 175 Å². The smallest absolute Gasteiger partial charge is 0.183 e. The van der Waals surface area contributed by atoms with Crippen LogP contribution in [0.5, 0.6) is 0 Å². The van der Waals surface area contributed by atoms with Crippen LogP contribution in [0.3, 0.4) is 0 Å². The van der Waals surface area contributed by atoms with Gasteiger partial charge in [-0.05, 0) is 31.2 Å². The minimum absolute atomic E-state index is 0.295. The van der Waals surface area contributed by atoms with Crippen LogP contribution in [0, 0.1) is 5.82 Å². The van der Waals surface area contributed by atoms with Gasteiger partial charge in [-0.3, -0.25) is 0 Å². The number of para-hydroxylation sites is 1. The quantitative estimate of drug-likeness (QED) is 0.446. The summed E-state index contributed by atoms with van der Waals surface area (Å²) >= 11 is 6.34. The maximum atomic E-state index is 14.0. The molecule has 9 heteroatoms. The molecular weight excluding hydrogens is 405 g/mol. The number of aromatic amines is 1. The summed E-state index contributed by atoms with van der Waals surface area (Å²) in [6.45, 7) is 1.90. The molecule has 0 saturated heterocycles. The van der Waals surface area contributed by atoms with Crippen molar-refractivity contribution in [3.8, 4) is 11.3 Å². The number of halogens is 2. The molecule has 3 heterocycles. The van der Waals surface area contributed by atoms with Gasteiger partial charge in [-0.25, -0.2) is 29.3 Å². The Bertz CT molecular complexity index is 1420. The summed E-state index contributed by atoms with van der Waals surface area (Å²) in [5.74, 6) is -0.0166. The minimum atomic E-state index is -0.387. The Morgan fingerprint density at radius 1 is 1.07 bits per heavy atom. The van der Waals surface area contributed by atoms with Crippen LogP contribution in [0.1, 0.15) is 24.4 Å². The third-order valence-corrected chi connectivity index (χ3v) is 5.20. The van der Waals surface area contributed by atoms with Gasteiger partial charge in [-0.2, -0.15) is 0 Å². The van der Waals surface area contributed by atoms with Crippen LogP contribution in [0.25, 0.3) is 33.5 Å². The maximum Gasteiger partial charge on any atom is 0.183 e. The molecule has 0 spiro atoms. The largest absolute Gasteiger partial charge is 0.382 e. The second-order valence-corrected chi connectivity index (χ2v) is 7.27. The van der Waals surface area contributed by atoms with Gasteiger partial charge in [-0.1, -0.05) is 29.8 Å². The zero-order valence-electron chi connectivity index (χ0n) is 15.8. The van der Waals surface area contributed by atoms with Crippen molar-refractivity contribution in [1.29, 1.82) is 0 Å². The molecule has 0 fully saturated rings. The van der Waals surface area contributed by atoms with Gasteiger partial charge in [0.25, 0.3) is 0 Å². The number of imidazole rings is 1. The third kappa shape index (κ3) is 3.02. The first kappa shape index (κ1) is 18.4. The van der Waals surface area contributed by atoms with Gasteiger partial charge in [0.15, 0.2) is 11.5 Å². The lowest BCUT2D eigenvalue weighted by atomic mass is 9.99. The van der Waals surface area contributed by atoms with Gasteiger partial charge >= 0.3 is 0 Å². The van der Waals surface area contributed by atoms with Gasteiger partial charge in [-0.15, -0.1) is 0 Å². The second-order valence-electron chi connectivity index (χ2n) is 6.87. The molecule has 3 aromatic heterocycles. The fraction of sp³-hybridized carbons (Fsp3) is 0.0952. The van der Waals surface area contributed by atoms with Crippen LogP contribution in [0.15, 0.2) is 48.8 Å². The Kier molecular flexibility index (Phi) is 4.29. The first-order valence-electron chi connectivity index (χ1n) is 9.20. The van der Waals surface area contributed by atoms with Crippen molar-refractivity contribution in [3.63, 3.8) is 0 Å². The summed E-state index contributed by atoms with van der Waals surface area (Å²) in [6.07, 6.45) is 1.51. The fourth-order valence-corrected chi connectivity index (χ4v) is 3.61. The highest BCUT2D eigenvalue weighted by atomic mass is 35.5. The Morgan fingerprint density at radius 3 is 2.73 bits per heavy atom. The van der Waals surface area contributed by atoms with Crippen molar-refractivity contribution >= 4 is 39.6 Å². The molecule has 5 rings (SSSR count). The molecule has 0 aliphatic carbocycles. The van der Waals surface area contributed by atoms with Crippen molar-refractivity contribution in [2.24, 2.45) is 0 Å². The minimum Gasteiger partial charge on any atom is -0.382 e. The summed E-state index contributed by atoms with van der Waals surface area (Å²) in [5.41, 5.74) is 9.95. The van der Waals surface area contributed by atoms with Crippen LogP contribution in [-0.4, -0.2) is 29.9 Å². The van der Waals surface area contributed by atoms with Crippen LogP contribution >= 0.6 is 11.6 Å². The number of nitrogens with one attached hydrogen (secondary N) is 1. The average molecular weight is 420 g/mol. The van der Waals surface area contributed by atoms with Crippen molar-refractivity contribution in [2.45, 2.75) is 12.8 Å². The number of nitrogens with zero attached hydrogens (tertiary/aromatic N) is 5. The van der Waals surface area contributed by atoms with E-state index in [2.05, 4.69) is 19.9 Å². The SMILES string of the molecule is C[C@H](c1nc(N)c2[nH]cnc2n1)c1nc2cccc(Cl)c2nc1-c1cccc(F)c1. The molecule has 1 atom stereocenters. The van der Waals surface area contributed by atoms with E-state index >= 15 is 0 Å². The molecule has 3 N–H and O–H groups in total. The lowest BCUT2D eigenvalue weighted by Crippen LogP contribution is -2.10. The highest BCUT2D eigenvalue weighted by Gasteiger charge is 2.23. The fourth-order valence-electron chi connectivity index (χ4n) is 3.40. The van der Waals surface area contributed by atoms with E-state index in [4.69, 9.17) is 27.3 Å². The lowest BCUT2D eigenvalue weighted by Gasteiger charge is -2.16. The maximum absolute atomic E-state index is 14.0. The zero-order valence-corrected chi connectivity index (χ0v) is 16.5. The normalized spacial score (nSPS) is 12.5. The first-order chi connectivity index (χ1) is 14.5. The van der Waals surface area contributed by atoms with E-state index < -0.39 is 0 Å². The number of hydrogen-bond acceptors (Lipinski definition) is 6. The number of nitrogens with two attached hydrogens (primary N) is 1. The predicted octanol–water partition coefficient (Wildman–Crippen LogP) is 4.49. The zero-order chi connectivity index (χ0) is 20.8. The highest BCUT2D eigenvalue weighted by molar-refractivity contribution is 6.34. The molecule has 0 aliphatic rings. The molecule has 0 bridgehead atoms. The molecule has 148 valence electrons. The molecule has 0 aliphatic heterocycles. The van der Waals surface area contributed by atoms with E-state index in [-0.39, 0.29) is 11.7 Å². The van der Waals surface area contributed by atoms with Gasteiger partial charge in [0, 0.05) is 5.56 Å². The highest BCUT2D eigenvalue weighted by Crippen LogP contribution is 2.33. The van der Waals surface area contributed by atoms with Gasteiger partial charge in [0.2, 0.25) is 0 Å². The Balaban J connectivity index is 1.76. The number of hydrogen-bond donors (Lipinski definition) is 2. The Hall–Kier alpha value is -3.65. The first-order valence-corrected chi connectivity index (χ1v) is 9.57. The monoisotopic (exact) mass is 419 g/mol. The van der Waals surface area contributed by atoms with Crippen LogP contribution < -0.4 is 5.73 Å². The number of H-pyrrole nitrogens is 1. The van der Waals surface area contributed by atoms with Crippen molar-refractivity contribution < 1.29 is 4.39 Å². The molecule has 0 saturated carbocycles. The van der Waals surface area contributed by atoms with E-state index in [1.807, 2.05) is 13.0 Å². The topological polar surface area (TPSA) is 106 Å². The average Bonchev–Trinajstić information content (AvgIpc) is 3.22. The summed E-state index contributed by atoms with van der Waals surface area (Å²) in [5, 5.41) is 0.468. The number of nitrogen functional groups attached to an aromatic ring is 1. The molecule has 0 unspecified atom stereocenters. The van der Waals surface area contributed by atoms with Gasteiger partial charge in [0.1, 0.15) is 22.7 Å². The molecule has 0 amide bonds. The predicted molar refractivity (Wildman–Crippen MR) is 114 cm³/mol. The standard InChI is InChI=1S/C21H15ClFN7/c1-10(20-29-19(24)18-21(30-20)26-9-25-18)15-16(11-4-2-5-12(23)8-11)28-17-13(22)6-3-7-14(17)27-15/h2-10H,1H3,(H3,24,25,26,29,30)/t10-/m0/s1. The number of fused-ring (bicyclic) bond motifs is 2. The summed E-state index contributed by atoms with van der Waals surface area (Å²) < 4.78 is 14.0. The molecule has 5 aromatic rings. The third-order valence-electron chi connectivity index (χ3n) is 4.90. The van der Waals surface area contributed by atoms with Crippen LogP contribution in [0.4, 0.5) is 10.2 Å². The molecule has 0 radical (unpaired) electrons. The van der Waals surface area contributed by atoms with E-state index in [0.29, 0.717) is 55.8 Å². The second kappa shape index (κ2) is 7.00. The van der Waals surface area contributed by atoms with Gasteiger partial charge < -0.3 is 10.7 Å². The molecule has 2 aromatic carbocycles. The van der Waals surface area contributed by atoms with Crippen molar-refractivity contribution in [1.82, 2.24) is 29.9 Å². The number of aromatic nitrogens is 6. The van der Waals surface area contributed by atoms with E-state index in [9.17, 15) is 4.39 Å². The van der Waals surface area contributed by atoms with E-state index in [1.54, 1.807) is 24.3 Å². The molecule has 7 nitrogen and oxygen atoms in total. The van der Waals surface area contributed by atoms with Crippen molar-refractivity contribution in [2.75, 3.05) is 5.73 Å². The molecular formula is C21H15ClFN7. The summed E-state index contributed by atoms with van der Waals surface area (Å²) in [6, 6.07) is 11.6. The molecule has 30 heavy (non-hydrogen) atoms. The van der Waals surface area contributed by atoms with Crippen LogP contribution in [-0.2, 0) is 0 Å². The Morgan fingerprint density at radius 2 is 1.90 bits per heavy atom. The number of benzene rings is 2. The lowest BCUT2D eigenvalue weighted by molar-refractivity contribution is 0.628. The van der Waals surface area contributed by atoms with E-state index in [0.717, 1.165) is 0 Å². The van der Waals surface area contributed by atoms with Gasteiger partial charge in [0.05, 0.1) is 34.2 Å². The number of rotatable bonds is 3. The summed E-state index contributed by atoms with van der Waals surface area (Å²) in [7, 11) is 0. The van der Waals surface area contributed by atoms with Crippen LogP contribution in [0.2, 0.25) is 5.02 Å². The number of anilines is 1. The van der Waals surface area contributed by atoms with E-state index in [1.165, 1.54) is 18.5 Å².